The SMILES string of the molecule is CNc1cc(Oc2ccc(C)cc2OC)nc(C(C)C)n1. The summed E-state index contributed by atoms with van der Waals surface area (Å²) in [6.07, 6.45) is 0. The molecule has 21 heavy (non-hydrogen) atoms. The van der Waals surface area contributed by atoms with Gasteiger partial charge in [-0.2, -0.15) is 4.98 Å². The second-order valence-electron chi connectivity index (χ2n) is 5.11. The van der Waals surface area contributed by atoms with Crippen molar-refractivity contribution in [2.75, 3.05) is 19.5 Å². The molecule has 2 aromatic rings. The van der Waals surface area contributed by atoms with Crippen molar-refractivity contribution in [2.45, 2.75) is 26.7 Å². The number of methoxy groups -OCH3 is 1. The summed E-state index contributed by atoms with van der Waals surface area (Å²) >= 11 is 0. The lowest BCUT2D eigenvalue weighted by atomic mass is 10.2. The maximum Gasteiger partial charge on any atom is 0.224 e. The minimum Gasteiger partial charge on any atom is -0.493 e. The van der Waals surface area contributed by atoms with Gasteiger partial charge in [0.2, 0.25) is 5.88 Å². The van der Waals surface area contributed by atoms with E-state index in [9.17, 15) is 0 Å². The number of hydrogen-bond acceptors (Lipinski definition) is 5. The Labute approximate surface area is 125 Å². The number of hydrogen-bond donors (Lipinski definition) is 1. The van der Waals surface area contributed by atoms with Gasteiger partial charge in [0.15, 0.2) is 11.5 Å². The van der Waals surface area contributed by atoms with Crippen LogP contribution in [0.2, 0.25) is 0 Å². The van der Waals surface area contributed by atoms with E-state index in [4.69, 9.17) is 9.47 Å². The molecule has 0 saturated heterocycles. The number of anilines is 1. The van der Waals surface area contributed by atoms with Gasteiger partial charge in [-0.3, -0.25) is 0 Å². The standard InChI is InChI=1S/C16H21N3O2/c1-10(2)16-18-14(17-4)9-15(19-16)21-12-7-6-11(3)8-13(12)20-5/h6-10H,1-5H3,(H,17,18,19). The van der Waals surface area contributed by atoms with Gasteiger partial charge in [0.25, 0.3) is 0 Å². The van der Waals surface area contributed by atoms with Crippen LogP contribution in [0.15, 0.2) is 24.3 Å². The topological polar surface area (TPSA) is 56.3 Å². The second kappa shape index (κ2) is 6.43. The smallest absolute Gasteiger partial charge is 0.224 e. The van der Waals surface area contributed by atoms with Crippen LogP contribution >= 0.6 is 0 Å². The molecule has 0 atom stereocenters. The van der Waals surface area contributed by atoms with Gasteiger partial charge in [-0.1, -0.05) is 19.9 Å². The third kappa shape index (κ3) is 3.62. The molecule has 0 aliphatic rings. The molecular formula is C16H21N3O2. The van der Waals surface area contributed by atoms with Gasteiger partial charge < -0.3 is 14.8 Å². The Balaban J connectivity index is 2.37. The summed E-state index contributed by atoms with van der Waals surface area (Å²) in [7, 11) is 3.45. The van der Waals surface area contributed by atoms with E-state index in [2.05, 4.69) is 15.3 Å². The molecule has 0 aliphatic carbocycles. The number of nitrogens with zero attached hydrogens (tertiary/aromatic N) is 2. The fourth-order valence-electron chi connectivity index (χ4n) is 1.85. The van der Waals surface area contributed by atoms with Crippen molar-refractivity contribution in [1.29, 1.82) is 0 Å². The van der Waals surface area contributed by atoms with E-state index in [1.165, 1.54) is 0 Å². The van der Waals surface area contributed by atoms with Crippen molar-refractivity contribution in [3.05, 3.63) is 35.7 Å². The van der Waals surface area contributed by atoms with E-state index < -0.39 is 0 Å². The van der Waals surface area contributed by atoms with Crippen LogP contribution in [0.4, 0.5) is 5.82 Å². The van der Waals surface area contributed by atoms with Crippen molar-refractivity contribution in [3.63, 3.8) is 0 Å². The summed E-state index contributed by atoms with van der Waals surface area (Å²) in [5.74, 6) is 3.52. The van der Waals surface area contributed by atoms with Crippen LogP contribution in [-0.4, -0.2) is 24.1 Å². The van der Waals surface area contributed by atoms with Crippen LogP contribution in [0, 0.1) is 6.92 Å². The Morgan fingerprint density at radius 1 is 1.10 bits per heavy atom. The molecule has 5 nitrogen and oxygen atoms in total. The number of aromatic nitrogens is 2. The van der Waals surface area contributed by atoms with Gasteiger partial charge in [-0.15, -0.1) is 0 Å². The molecule has 112 valence electrons. The van der Waals surface area contributed by atoms with Crippen LogP contribution in [0.5, 0.6) is 17.4 Å². The average Bonchev–Trinajstić information content (AvgIpc) is 2.48. The largest absolute Gasteiger partial charge is 0.493 e. The van der Waals surface area contributed by atoms with E-state index in [0.717, 1.165) is 17.2 Å². The summed E-state index contributed by atoms with van der Waals surface area (Å²) in [6, 6.07) is 7.55. The minimum absolute atomic E-state index is 0.223. The highest BCUT2D eigenvalue weighted by molar-refractivity contribution is 5.46. The second-order valence-corrected chi connectivity index (χ2v) is 5.11. The van der Waals surface area contributed by atoms with Crippen molar-refractivity contribution in [3.8, 4) is 17.4 Å². The molecule has 0 saturated carbocycles. The highest BCUT2D eigenvalue weighted by atomic mass is 16.5. The third-order valence-corrected chi connectivity index (χ3v) is 3.03. The predicted octanol–water partition coefficient (Wildman–Crippen LogP) is 3.75. The highest BCUT2D eigenvalue weighted by Gasteiger charge is 2.11. The Morgan fingerprint density at radius 3 is 2.48 bits per heavy atom. The van der Waals surface area contributed by atoms with Gasteiger partial charge >= 0.3 is 0 Å². The fourth-order valence-corrected chi connectivity index (χ4v) is 1.85. The molecule has 0 unspecified atom stereocenters. The van der Waals surface area contributed by atoms with Crippen LogP contribution in [0.3, 0.4) is 0 Å². The lowest BCUT2D eigenvalue weighted by Crippen LogP contribution is -2.03. The summed E-state index contributed by atoms with van der Waals surface area (Å²) < 4.78 is 11.2. The number of benzene rings is 1. The first kappa shape index (κ1) is 15.1. The van der Waals surface area contributed by atoms with Crippen LogP contribution in [0.1, 0.15) is 31.2 Å². The summed E-state index contributed by atoms with van der Waals surface area (Å²) in [4.78, 5) is 8.86. The first-order valence-electron chi connectivity index (χ1n) is 6.92. The van der Waals surface area contributed by atoms with Crippen molar-refractivity contribution < 1.29 is 9.47 Å². The number of rotatable bonds is 5. The van der Waals surface area contributed by atoms with Crippen molar-refractivity contribution in [1.82, 2.24) is 9.97 Å². The number of nitrogens with one attached hydrogen (secondary N) is 1. The maximum absolute atomic E-state index is 5.87. The van der Waals surface area contributed by atoms with Crippen molar-refractivity contribution >= 4 is 5.82 Å². The third-order valence-electron chi connectivity index (χ3n) is 3.03. The Kier molecular flexibility index (Phi) is 4.62. The van der Waals surface area contributed by atoms with E-state index in [1.807, 2.05) is 46.0 Å². The molecule has 1 N–H and O–H groups in total. The van der Waals surface area contributed by atoms with Crippen LogP contribution in [0.25, 0.3) is 0 Å². The molecule has 0 aliphatic heterocycles. The lowest BCUT2D eigenvalue weighted by molar-refractivity contribution is 0.373. The van der Waals surface area contributed by atoms with Gasteiger partial charge in [-0.25, -0.2) is 4.98 Å². The molecule has 0 radical (unpaired) electrons. The zero-order chi connectivity index (χ0) is 15.4. The molecule has 0 spiro atoms. The van der Waals surface area contributed by atoms with Gasteiger partial charge in [0, 0.05) is 19.0 Å². The fraction of sp³-hybridized carbons (Fsp3) is 0.375. The molecular weight excluding hydrogens is 266 g/mol. The van der Waals surface area contributed by atoms with Crippen LogP contribution in [-0.2, 0) is 0 Å². The van der Waals surface area contributed by atoms with E-state index >= 15 is 0 Å². The maximum atomic E-state index is 5.87. The zero-order valence-corrected chi connectivity index (χ0v) is 13.1. The molecule has 1 aromatic heterocycles. The van der Waals surface area contributed by atoms with Crippen molar-refractivity contribution in [2.24, 2.45) is 0 Å². The first-order valence-corrected chi connectivity index (χ1v) is 6.92. The predicted molar refractivity (Wildman–Crippen MR) is 83.5 cm³/mol. The normalized spacial score (nSPS) is 10.6. The summed E-state index contributed by atoms with van der Waals surface area (Å²) in [5, 5.41) is 3.02. The average molecular weight is 287 g/mol. The van der Waals surface area contributed by atoms with Crippen LogP contribution < -0.4 is 14.8 Å². The summed E-state index contributed by atoms with van der Waals surface area (Å²) in [6.45, 7) is 6.10. The van der Waals surface area contributed by atoms with E-state index in [0.29, 0.717) is 17.4 Å². The molecule has 0 fully saturated rings. The molecule has 2 rings (SSSR count). The molecule has 1 aromatic carbocycles. The zero-order valence-electron chi connectivity index (χ0n) is 13.1. The number of aryl methyl sites for hydroxylation is 1. The lowest BCUT2D eigenvalue weighted by Gasteiger charge is -2.13. The Hall–Kier alpha value is -2.30. The molecule has 1 heterocycles. The van der Waals surface area contributed by atoms with Gasteiger partial charge in [0.05, 0.1) is 7.11 Å². The van der Waals surface area contributed by atoms with E-state index in [-0.39, 0.29) is 5.92 Å². The summed E-state index contributed by atoms with van der Waals surface area (Å²) in [5.41, 5.74) is 1.11. The molecule has 5 heteroatoms. The van der Waals surface area contributed by atoms with E-state index in [1.54, 1.807) is 13.2 Å². The minimum atomic E-state index is 0.223. The number of ether oxygens (including phenoxy) is 2. The Morgan fingerprint density at radius 2 is 1.86 bits per heavy atom. The Bertz CT molecular complexity index is 627. The van der Waals surface area contributed by atoms with Gasteiger partial charge in [-0.05, 0) is 24.6 Å². The molecule has 0 amide bonds. The monoisotopic (exact) mass is 287 g/mol. The highest BCUT2D eigenvalue weighted by Crippen LogP contribution is 2.32. The quantitative estimate of drug-likeness (QED) is 0.907. The van der Waals surface area contributed by atoms with Gasteiger partial charge in [0.1, 0.15) is 11.6 Å². The first-order chi connectivity index (χ1) is 10.0. The molecule has 0 bridgehead atoms.